The first kappa shape index (κ1) is 12.9. The van der Waals surface area contributed by atoms with E-state index in [0.717, 1.165) is 10.6 Å². The maximum absolute atomic E-state index is 11.5. The predicted octanol–water partition coefficient (Wildman–Crippen LogP) is 2.56. The van der Waals surface area contributed by atoms with E-state index in [2.05, 4.69) is 0 Å². The van der Waals surface area contributed by atoms with Crippen LogP contribution in [-0.4, -0.2) is 18.8 Å². The van der Waals surface area contributed by atoms with Gasteiger partial charge in [0.1, 0.15) is 0 Å². The van der Waals surface area contributed by atoms with Gasteiger partial charge in [-0.2, -0.15) is 0 Å². The summed E-state index contributed by atoms with van der Waals surface area (Å²) >= 11 is 1.62. The molecule has 0 aliphatic heterocycles. The molecule has 1 aromatic rings. The standard InChI is InChI=1S/C12H17NO2S/c1-12(2,11(14)15-3)8-16-10-6-4-9(13)5-7-10/h4-7H,8,13H2,1-3H3. The molecule has 0 saturated heterocycles. The highest BCUT2D eigenvalue weighted by Gasteiger charge is 2.28. The maximum atomic E-state index is 11.5. The third kappa shape index (κ3) is 3.45. The molecule has 2 N–H and O–H groups in total. The van der Waals surface area contributed by atoms with Crippen molar-refractivity contribution >= 4 is 23.4 Å². The quantitative estimate of drug-likeness (QED) is 0.498. The number of nitrogen functional groups attached to an aromatic ring is 1. The summed E-state index contributed by atoms with van der Waals surface area (Å²) < 4.78 is 4.75. The molecule has 1 rings (SSSR count). The zero-order chi connectivity index (χ0) is 12.2. The van der Waals surface area contributed by atoms with E-state index in [-0.39, 0.29) is 5.97 Å². The van der Waals surface area contributed by atoms with Crippen molar-refractivity contribution in [3.05, 3.63) is 24.3 Å². The van der Waals surface area contributed by atoms with E-state index in [4.69, 9.17) is 10.5 Å². The van der Waals surface area contributed by atoms with E-state index in [1.807, 2.05) is 38.1 Å². The van der Waals surface area contributed by atoms with Gasteiger partial charge >= 0.3 is 5.97 Å². The van der Waals surface area contributed by atoms with Gasteiger partial charge in [-0.05, 0) is 38.1 Å². The molecular weight excluding hydrogens is 222 g/mol. The first-order valence-electron chi connectivity index (χ1n) is 5.02. The molecule has 0 saturated carbocycles. The highest BCUT2D eigenvalue weighted by Crippen LogP contribution is 2.28. The maximum Gasteiger partial charge on any atom is 0.312 e. The van der Waals surface area contributed by atoms with E-state index in [0.29, 0.717) is 5.75 Å². The van der Waals surface area contributed by atoms with E-state index < -0.39 is 5.41 Å². The second-order valence-electron chi connectivity index (χ2n) is 4.23. The molecule has 0 heterocycles. The number of benzene rings is 1. The molecule has 0 aromatic heterocycles. The number of esters is 1. The molecule has 4 heteroatoms. The van der Waals surface area contributed by atoms with Gasteiger partial charge in [0.2, 0.25) is 0 Å². The molecule has 0 atom stereocenters. The van der Waals surface area contributed by atoms with Gasteiger partial charge < -0.3 is 10.5 Å². The van der Waals surface area contributed by atoms with E-state index in [1.54, 1.807) is 11.8 Å². The number of hydrogen-bond donors (Lipinski definition) is 1. The van der Waals surface area contributed by atoms with E-state index in [9.17, 15) is 4.79 Å². The largest absolute Gasteiger partial charge is 0.469 e. The Morgan fingerprint density at radius 1 is 1.38 bits per heavy atom. The SMILES string of the molecule is COC(=O)C(C)(C)CSc1ccc(N)cc1. The van der Waals surface area contributed by atoms with Crippen molar-refractivity contribution in [1.82, 2.24) is 0 Å². The van der Waals surface area contributed by atoms with Gasteiger partial charge in [-0.15, -0.1) is 11.8 Å². The summed E-state index contributed by atoms with van der Waals surface area (Å²) in [4.78, 5) is 12.6. The highest BCUT2D eigenvalue weighted by atomic mass is 32.2. The monoisotopic (exact) mass is 239 g/mol. The number of anilines is 1. The van der Waals surface area contributed by atoms with Crippen molar-refractivity contribution in [3.63, 3.8) is 0 Å². The number of nitrogens with two attached hydrogens (primary N) is 1. The summed E-state index contributed by atoms with van der Waals surface area (Å²) in [5, 5.41) is 0. The second-order valence-corrected chi connectivity index (χ2v) is 5.28. The Morgan fingerprint density at radius 3 is 2.44 bits per heavy atom. The van der Waals surface area contributed by atoms with Crippen LogP contribution >= 0.6 is 11.8 Å². The van der Waals surface area contributed by atoms with Crippen molar-refractivity contribution in [2.75, 3.05) is 18.6 Å². The Bertz CT molecular complexity index is 360. The molecule has 88 valence electrons. The molecule has 0 aliphatic carbocycles. The first-order valence-corrected chi connectivity index (χ1v) is 6.01. The number of carbonyl (C=O) groups excluding carboxylic acids is 1. The van der Waals surface area contributed by atoms with Gasteiger partial charge in [0.25, 0.3) is 0 Å². The Morgan fingerprint density at radius 2 is 1.94 bits per heavy atom. The normalized spacial score (nSPS) is 11.2. The lowest BCUT2D eigenvalue weighted by Gasteiger charge is -2.20. The van der Waals surface area contributed by atoms with Crippen molar-refractivity contribution < 1.29 is 9.53 Å². The lowest BCUT2D eigenvalue weighted by atomic mass is 9.97. The molecule has 0 aliphatic rings. The average Bonchev–Trinajstić information content (AvgIpc) is 2.27. The summed E-state index contributed by atoms with van der Waals surface area (Å²) in [6, 6.07) is 7.61. The molecule has 16 heavy (non-hydrogen) atoms. The fraction of sp³-hybridized carbons (Fsp3) is 0.417. The minimum atomic E-state index is -0.471. The summed E-state index contributed by atoms with van der Waals surface area (Å²) in [7, 11) is 1.41. The van der Waals surface area contributed by atoms with Crippen molar-refractivity contribution in [2.45, 2.75) is 18.7 Å². The van der Waals surface area contributed by atoms with Crippen molar-refractivity contribution in [2.24, 2.45) is 5.41 Å². The molecule has 0 unspecified atom stereocenters. The molecule has 0 radical (unpaired) electrons. The predicted molar refractivity (Wildman–Crippen MR) is 67.4 cm³/mol. The van der Waals surface area contributed by atoms with Gasteiger partial charge in [-0.3, -0.25) is 4.79 Å². The summed E-state index contributed by atoms with van der Waals surface area (Å²) in [5.74, 6) is 0.499. The van der Waals surface area contributed by atoms with Crippen LogP contribution < -0.4 is 5.73 Å². The summed E-state index contributed by atoms with van der Waals surface area (Å²) in [6.45, 7) is 3.76. The number of carbonyl (C=O) groups is 1. The van der Waals surface area contributed by atoms with Gasteiger partial charge in [0.15, 0.2) is 0 Å². The number of ether oxygens (including phenoxy) is 1. The van der Waals surface area contributed by atoms with Crippen LogP contribution in [-0.2, 0) is 9.53 Å². The molecule has 3 nitrogen and oxygen atoms in total. The van der Waals surface area contributed by atoms with E-state index in [1.165, 1.54) is 7.11 Å². The lowest BCUT2D eigenvalue weighted by Crippen LogP contribution is -2.28. The van der Waals surface area contributed by atoms with Gasteiger partial charge in [-0.25, -0.2) is 0 Å². The molecule has 1 aromatic carbocycles. The smallest absolute Gasteiger partial charge is 0.312 e. The Balaban J connectivity index is 2.57. The van der Waals surface area contributed by atoms with Crippen LogP contribution in [0.5, 0.6) is 0 Å². The Hall–Kier alpha value is -1.16. The van der Waals surface area contributed by atoms with Gasteiger partial charge in [-0.1, -0.05) is 0 Å². The van der Waals surface area contributed by atoms with Crippen LogP contribution in [0.4, 0.5) is 5.69 Å². The van der Waals surface area contributed by atoms with Gasteiger partial charge in [0.05, 0.1) is 12.5 Å². The van der Waals surface area contributed by atoms with Crippen LogP contribution in [0.15, 0.2) is 29.2 Å². The van der Waals surface area contributed by atoms with Crippen molar-refractivity contribution in [3.8, 4) is 0 Å². The fourth-order valence-corrected chi connectivity index (χ4v) is 2.14. The highest BCUT2D eigenvalue weighted by molar-refractivity contribution is 7.99. The van der Waals surface area contributed by atoms with Crippen molar-refractivity contribution in [1.29, 1.82) is 0 Å². The topological polar surface area (TPSA) is 52.3 Å². The number of rotatable bonds is 4. The Kier molecular flexibility index (Phi) is 4.24. The Labute approximate surface area is 100 Å². The first-order chi connectivity index (χ1) is 7.45. The summed E-state index contributed by atoms with van der Waals surface area (Å²) in [6.07, 6.45) is 0. The fourth-order valence-electron chi connectivity index (χ4n) is 1.16. The molecule has 0 fully saturated rings. The van der Waals surface area contributed by atoms with Crippen LogP contribution in [0, 0.1) is 5.41 Å². The average molecular weight is 239 g/mol. The van der Waals surface area contributed by atoms with Gasteiger partial charge in [0, 0.05) is 16.3 Å². The number of methoxy groups -OCH3 is 1. The second kappa shape index (κ2) is 5.25. The number of hydrogen-bond acceptors (Lipinski definition) is 4. The van der Waals surface area contributed by atoms with Crippen LogP contribution in [0.3, 0.4) is 0 Å². The third-order valence-corrected chi connectivity index (χ3v) is 3.69. The lowest BCUT2D eigenvalue weighted by molar-refractivity contribution is -0.149. The summed E-state index contributed by atoms with van der Waals surface area (Å²) in [5.41, 5.74) is 5.87. The number of thioether (sulfide) groups is 1. The van der Waals surface area contributed by atoms with Crippen LogP contribution in [0.2, 0.25) is 0 Å². The minimum absolute atomic E-state index is 0.185. The zero-order valence-electron chi connectivity index (χ0n) is 9.82. The van der Waals surface area contributed by atoms with E-state index >= 15 is 0 Å². The van der Waals surface area contributed by atoms with Crippen LogP contribution in [0.25, 0.3) is 0 Å². The molecule has 0 amide bonds. The molecule has 0 spiro atoms. The zero-order valence-corrected chi connectivity index (χ0v) is 10.6. The van der Waals surface area contributed by atoms with Crippen LogP contribution in [0.1, 0.15) is 13.8 Å². The minimum Gasteiger partial charge on any atom is -0.469 e. The third-order valence-electron chi connectivity index (χ3n) is 2.22. The molecule has 0 bridgehead atoms. The molecular formula is C12H17NO2S.